The summed E-state index contributed by atoms with van der Waals surface area (Å²) in [7, 11) is 2.17. The molecule has 0 amide bonds. The highest BCUT2D eigenvalue weighted by atomic mass is 35.5. The maximum absolute atomic E-state index is 14.2. The highest BCUT2D eigenvalue weighted by Gasteiger charge is 2.19. The van der Waals surface area contributed by atoms with Gasteiger partial charge in [-0.2, -0.15) is 4.98 Å². The molecule has 208 valence electrons. The highest BCUT2D eigenvalue weighted by molar-refractivity contribution is 6.33. The van der Waals surface area contributed by atoms with Crippen molar-refractivity contribution >= 4 is 34.3 Å². The Morgan fingerprint density at radius 3 is 2.51 bits per heavy atom. The predicted molar refractivity (Wildman–Crippen MR) is 160 cm³/mol. The number of anilines is 2. The lowest BCUT2D eigenvalue weighted by molar-refractivity contribution is 0.255. The van der Waals surface area contributed by atoms with Crippen LogP contribution in [-0.4, -0.2) is 49.5 Å². The second-order valence-electron chi connectivity index (χ2n) is 10.3. The Morgan fingerprint density at radius 2 is 1.80 bits per heavy atom. The smallest absolute Gasteiger partial charge is 0.260 e. The second-order valence-corrected chi connectivity index (χ2v) is 10.7. The minimum atomic E-state index is -0.551. The molecule has 0 bridgehead atoms. The third-order valence-corrected chi connectivity index (χ3v) is 8.01. The van der Waals surface area contributed by atoms with E-state index >= 15 is 0 Å². The molecule has 1 fully saturated rings. The van der Waals surface area contributed by atoms with Crippen LogP contribution in [0.3, 0.4) is 0 Å². The van der Waals surface area contributed by atoms with Gasteiger partial charge in [0.05, 0.1) is 6.20 Å². The first-order valence-corrected chi connectivity index (χ1v) is 14.0. The molecule has 1 aliphatic rings. The largest absolute Gasteiger partial charge is 0.324 e. The van der Waals surface area contributed by atoms with E-state index in [-0.39, 0.29) is 11.3 Å². The lowest BCUT2D eigenvalue weighted by Gasteiger charge is -2.29. The molecule has 1 saturated heterocycles. The van der Waals surface area contributed by atoms with Gasteiger partial charge in [0.15, 0.2) is 5.82 Å². The number of nitrogens with one attached hydrogen (secondary N) is 1. The van der Waals surface area contributed by atoms with Crippen LogP contribution in [-0.2, 0) is 6.54 Å². The first kappa shape index (κ1) is 27.0. The first-order chi connectivity index (χ1) is 19.9. The van der Waals surface area contributed by atoms with E-state index < -0.39 is 5.82 Å². The number of hydrogen-bond acceptors (Lipinski definition) is 7. The van der Waals surface area contributed by atoms with Gasteiger partial charge in [0.1, 0.15) is 17.7 Å². The van der Waals surface area contributed by atoms with Crippen LogP contribution in [0.2, 0.25) is 5.02 Å². The number of benzene rings is 2. The number of pyridine rings is 1. The molecule has 41 heavy (non-hydrogen) atoms. The number of likely N-dealkylation sites (tertiary alicyclic amines) is 1. The zero-order valence-corrected chi connectivity index (χ0v) is 23.6. The van der Waals surface area contributed by atoms with E-state index in [0.717, 1.165) is 25.0 Å². The number of rotatable bonds is 6. The Balaban J connectivity index is 1.29. The van der Waals surface area contributed by atoms with Gasteiger partial charge in [0.25, 0.3) is 5.56 Å². The van der Waals surface area contributed by atoms with E-state index in [1.165, 1.54) is 24.7 Å². The van der Waals surface area contributed by atoms with Crippen molar-refractivity contribution in [3.05, 3.63) is 94.0 Å². The van der Waals surface area contributed by atoms with Crippen LogP contribution in [0.25, 0.3) is 33.4 Å². The molecule has 8 nitrogen and oxygen atoms in total. The third kappa shape index (κ3) is 5.42. The van der Waals surface area contributed by atoms with Gasteiger partial charge in [-0.05, 0) is 75.6 Å². The summed E-state index contributed by atoms with van der Waals surface area (Å²) in [6, 6.07) is 15.2. The van der Waals surface area contributed by atoms with Crippen molar-refractivity contribution in [2.24, 2.45) is 0 Å². The molecule has 5 aromatic rings. The maximum atomic E-state index is 14.2. The summed E-state index contributed by atoms with van der Waals surface area (Å²) in [6.07, 6.45) is 6.41. The van der Waals surface area contributed by atoms with E-state index in [9.17, 15) is 9.18 Å². The normalized spacial score (nSPS) is 14.4. The van der Waals surface area contributed by atoms with E-state index in [4.69, 9.17) is 11.6 Å². The second kappa shape index (κ2) is 11.3. The van der Waals surface area contributed by atoms with Crippen molar-refractivity contribution in [3.8, 4) is 22.4 Å². The Bertz CT molecular complexity index is 1780. The van der Waals surface area contributed by atoms with Crippen molar-refractivity contribution in [2.75, 3.05) is 25.5 Å². The molecule has 0 aliphatic carbocycles. The quantitative estimate of drug-likeness (QED) is 0.257. The molecule has 0 unspecified atom stereocenters. The molecule has 3 aromatic heterocycles. The topological polar surface area (TPSA) is 88.8 Å². The third-order valence-electron chi connectivity index (χ3n) is 7.70. The van der Waals surface area contributed by atoms with Crippen molar-refractivity contribution in [2.45, 2.75) is 32.2 Å². The molecule has 4 heterocycles. The molecule has 10 heteroatoms. The van der Waals surface area contributed by atoms with Gasteiger partial charge in [-0.3, -0.25) is 9.36 Å². The molecular formula is C31H29ClFN7O. The minimum absolute atomic E-state index is 0.142. The molecule has 0 saturated carbocycles. The fourth-order valence-corrected chi connectivity index (χ4v) is 5.70. The summed E-state index contributed by atoms with van der Waals surface area (Å²) in [5.41, 5.74) is 4.11. The van der Waals surface area contributed by atoms with Gasteiger partial charge >= 0.3 is 0 Å². The lowest BCUT2D eigenvalue weighted by atomic mass is 9.89. The molecule has 0 radical (unpaired) electrons. The average molecular weight is 570 g/mol. The van der Waals surface area contributed by atoms with Gasteiger partial charge in [-0.1, -0.05) is 35.9 Å². The summed E-state index contributed by atoms with van der Waals surface area (Å²) in [5, 5.41) is 4.29. The van der Waals surface area contributed by atoms with Gasteiger partial charge < -0.3 is 10.2 Å². The first-order valence-electron chi connectivity index (χ1n) is 13.6. The number of aryl methyl sites for hydroxylation is 1. The van der Waals surface area contributed by atoms with Crippen LogP contribution in [0.4, 0.5) is 16.0 Å². The number of halogens is 2. The maximum Gasteiger partial charge on any atom is 0.260 e. The minimum Gasteiger partial charge on any atom is -0.324 e. The Kier molecular flexibility index (Phi) is 7.47. The number of aromatic nitrogens is 5. The Hall–Kier alpha value is -4.21. The number of fused-ring (bicyclic) bond motifs is 1. The molecule has 6 rings (SSSR count). The molecule has 1 N–H and O–H groups in total. The number of nitrogens with zero attached hydrogens (tertiary/aromatic N) is 6. The van der Waals surface area contributed by atoms with Crippen molar-refractivity contribution in [1.29, 1.82) is 0 Å². The Morgan fingerprint density at radius 1 is 1.02 bits per heavy atom. The van der Waals surface area contributed by atoms with Crippen molar-refractivity contribution in [1.82, 2.24) is 29.4 Å². The molecule has 1 aliphatic heterocycles. The predicted octanol–water partition coefficient (Wildman–Crippen LogP) is 6.28. The Labute approximate surface area is 241 Å². The summed E-state index contributed by atoms with van der Waals surface area (Å²) in [4.78, 5) is 32.9. The van der Waals surface area contributed by atoms with Gasteiger partial charge in [-0.25, -0.2) is 19.3 Å². The van der Waals surface area contributed by atoms with Gasteiger partial charge in [0, 0.05) is 45.5 Å². The molecule has 2 aromatic carbocycles. The van der Waals surface area contributed by atoms with Crippen LogP contribution in [0.5, 0.6) is 0 Å². The zero-order valence-electron chi connectivity index (χ0n) is 22.8. The lowest BCUT2D eigenvalue weighted by Crippen LogP contribution is -2.29. The van der Waals surface area contributed by atoms with E-state index in [1.54, 1.807) is 35.0 Å². The highest BCUT2D eigenvalue weighted by Crippen LogP contribution is 2.32. The summed E-state index contributed by atoms with van der Waals surface area (Å²) in [6.45, 7) is 4.55. The van der Waals surface area contributed by atoms with Crippen LogP contribution >= 0.6 is 11.6 Å². The van der Waals surface area contributed by atoms with E-state index in [0.29, 0.717) is 51.2 Å². The summed E-state index contributed by atoms with van der Waals surface area (Å²) in [5.74, 6) is 0.446. The fraction of sp³-hybridized carbons (Fsp3) is 0.258. The van der Waals surface area contributed by atoms with E-state index in [2.05, 4.69) is 61.5 Å². The van der Waals surface area contributed by atoms with Crippen molar-refractivity contribution in [3.63, 3.8) is 0 Å². The van der Waals surface area contributed by atoms with E-state index in [1.807, 2.05) is 6.92 Å². The molecule has 0 spiro atoms. The monoisotopic (exact) mass is 569 g/mol. The van der Waals surface area contributed by atoms with Crippen LogP contribution in [0.15, 0.2) is 72.0 Å². The standard InChI is InChI=1S/C31H29ClFN7O/c1-3-40-29-22(14-25(30(40)41)24-9-6-21(15-26(24)32)28-27(33)17-34-18-36-28)16-35-31(38-29)37-23-7-4-19(5-8-23)20-10-12-39(2)13-11-20/h4-9,14-18,20H,3,10-13H2,1-2H3,(H,35,37,38). The number of hydrogen-bond donors (Lipinski definition) is 1. The summed E-state index contributed by atoms with van der Waals surface area (Å²) >= 11 is 6.61. The SMILES string of the molecule is CCn1c(=O)c(-c2ccc(-c3ncncc3F)cc2Cl)cc2cnc(Nc3ccc(C4CCN(C)CC4)cc3)nc21. The average Bonchev–Trinajstić information content (AvgIpc) is 2.98. The van der Waals surface area contributed by atoms with Gasteiger partial charge in [0.2, 0.25) is 5.95 Å². The number of piperidine rings is 1. The molecular weight excluding hydrogens is 541 g/mol. The summed E-state index contributed by atoms with van der Waals surface area (Å²) < 4.78 is 15.8. The van der Waals surface area contributed by atoms with Crippen LogP contribution < -0.4 is 10.9 Å². The fourth-order valence-electron chi connectivity index (χ4n) is 5.42. The van der Waals surface area contributed by atoms with Crippen LogP contribution in [0.1, 0.15) is 31.2 Å². The molecule has 0 atom stereocenters. The van der Waals surface area contributed by atoms with Crippen LogP contribution in [0, 0.1) is 5.82 Å². The van der Waals surface area contributed by atoms with Crippen molar-refractivity contribution < 1.29 is 4.39 Å². The zero-order chi connectivity index (χ0) is 28.5. The van der Waals surface area contributed by atoms with Gasteiger partial charge in [-0.15, -0.1) is 0 Å².